The fraction of sp³-hybridized carbons (Fsp3) is 0.526. The van der Waals surface area contributed by atoms with Crippen LogP contribution in [-0.4, -0.2) is 84.5 Å². The predicted octanol–water partition coefficient (Wildman–Crippen LogP) is 3.50. The first-order valence-electron chi connectivity index (χ1n) is 17.6. The Morgan fingerprint density at radius 2 is 1.73 bits per heavy atom. The molecular formula is C38H46ClN5O8. The van der Waals surface area contributed by atoms with Gasteiger partial charge >= 0.3 is 0 Å². The summed E-state index contributed by atoms with van der Waals surface area (Å²) in [5, 5.41) is 10.5. The Morgan fingerprint density at radius 3 is 2.35 bits per heavy atom. The van der Waals surface area contributed by atoms with Crippen molar-refractivity contribution in [2.24, 2.45) is 28.1 Å². The first-order valence-corrected chi connectivity index (χ1v) is 18.0. The van der Waals surface area contributed by atoms with Crippen molar-refractivity contribution in [2.45, 2.75) is 88.9 Å². The Hall–Kier alpha value is -4.65. The molecule has 2 aromatic carbocycles. The van der Waals surface area contributed by atoms with E-state index in [-0.39, 0.29) is 49.5 Å². The maximum atomic E-state index is 14.7. The molecule has 2 aromatic rings. The van der Waals surface area contributed by atoms with E-state index in [2.05, 4.69) is 15.8 Å². The predicted molar refractivity (Wildman–Crippen MR) is 192 cm³/mol. The summed E-state index contributed by atoms with van der Waals surface area (Å²) < 4.78 is 10.9. The van der Waals surface area contributed by atoms with Crippen LogP contribution in [0.4, 0.5) is 0 Å². The number of ketones is 1. The molecule has 2 heterocycles. The van der Waals surface area contributed by atoms with Crippen LogP contribution in [0, 0.1) is 17.3 Å². The van der Waals surface area contributed by atoms with Crippen molar-refractivity contribution >= 4 is 46.7 Å². The second-order valence-electron chi connectivity index (χ2n) is 15.5. The maximum Gasteiger partial charge on any atom is 0.287 e. The number of hydrogen-bond acceptors (Lipinski definition) is 9. The molecule has 4 N–H and O–H groups in total. The van der Waals surface area contributed by atoms with Crippen LogP contribution in [0.5, 0.6) is 11.5 Å². The van der Waals surface area contributed by atoms with Crippen molar-refractivity contribution < 1.29 is 38.3 Å². The van der Waals surface area contributed by atoms with Gasteiger partial charge in [-0.1, -0.05) is 80.7 Å². The average molecular weight is 736 g/mol. The summed E-state index contributed by atoms with van der Waals surface area (Å²) in [5.74, 6) is -2.56. The number of ether oxygens (including phenoxy) is 2. The summed E-state index contributed by atoms with van der Waals surface area (Å²) >= 11 is 6.47. The highest BCUT2D eigenvalue weighted by atomic mass is 35.5. The third-order valence-electron chi connectivity index (χ3n) is 10.5. The molecule has 52 heavy (non-hydrogen) atoms. The minimum absolute atomic E-state index is 0.0220. The Balaban J connectivity index is 1.27. The largest absolute Gasteiger partial charge is 0.496 e. The van der Waals surface area contributed by atoms with Crippen molar-refractivity contribution in [3.05, 3.63) is 58.6 Å². The smallest absolute Gasteiger partial charge is 0.287 e. The van der Waals surface area contributed by atoms with Gasteiger partial charge in [0.1, 0.15) is 23.6 Å². The lowest BCUT2D eigenvalue weighted by molar-refractivity contribution is -0.145. The molecule has 2 aliphatic heterocycles. The summed E-state index contributed by atoms with van der Waals surface area (Å²) in [4.78, 5) is 74.8. The lowest BCUT2D eigenvalue weighted by atomic mass is 9.85. The fourth-order valence-corrected chi connectivity index (χ4v) is 7.58. The topological polar surface area (TPSA) is 179 Å². The molecule has 4 amide bonds. The van der Waals surface area contributed by atoms with E-state index in [0.29, 0.717) is 34.2 Å². The first-order chi connectivity index (χ1) is 24.6. The standard InChI is InChI=1S/C38H46ClN5O8/c1-37(2,3)32(42-34(47)23-14-22(23)21-9-7-6-8-10-21)36(49)44-19-38(17-27(43-52-38)24-15-25(39)30(51-5)16-29(24)50-4)18-28(44)35(48)41-26(13-20-11-12-20)31(45)33(40)46/h6-10,15-16,20,22-23,26,28,32H,11-14,17-19H2,1-5H3,(H2,40,46)(H,41,48)(H,42,47)/t22?,23-,26?,28+,32-,38-/m1/s1. The number of nitrogens with one attached hydrogen (secondary N) is 2. The molecule has 6 atom stereocenters. The summed E-state index contributed by atoms with van der Waals surface area (Å²) in [7, 11) is 3.00. The molecule has 13 nitrogen and oxygen atoms in total. The van der Waals surface area contributed by atoms with Gasteiger partial charge < -0.3 is 35.6 Å². The van der Waals surface area contributed by atoms with Crippen LogP contribution < -0.4 is 25.8 Å². The van der Waals surface area contributed by atoms with Crippen LogP contribution in [0.3, 0.4) is 0 Å². The second kappa shape index (κ2) is 14.4. The number of halogens is 1. The molecule has 14 heteroatoms. The molecule has 2 saturated carbocycles. The number of carbonyl (C=O) groups excluding carboxylic acids is 5. The normalized spacial score (nSPS) is 24.7. The summed E-state index contributed by atoms with van der Waals surface area (Å²) in [6.45, 7) is 5.51. The number of Topliss-reactive ketones (excluding diaryl/α,β-unsaturated/α-hetero) is 1. The van der Waals surface area contributed by atoms with E-state index >= 15 is 0 Å². The molecule has 0 aromatic heterocycles. The lowest BCUT2D eigenvalue weighted by Crippen LogP contribution is -2.59. The van der Waals surface area contributed by atoms with E-state index in [1.54, 1.807) is 12.1 Å². The van der Waals surface area contributed by atoms with Crippen molar-refractivity contribution in [3.8, 4) is 11.5 Å². The van der Waals surface area contributed by atoms with Gasteiger partial charge in [-0.25, -0.2) is 0 Å². The van der Waals surface area contributed by atoms with Crippen LogP contribution >= 0.6 is 11.6 Å². The maximum absolute atomic E-state index is 14.7. The van der Waals surface area contributed by atoms with Gasteiger partial charge in [-0.3, -0.25) is 24.0 Å². The third kappa shape index (κ3) is 7.74. The second-order valence-corrected chi connectivity index (χ2v) is 15.9. The van der Waals surface area contributed by atoms with E-state index in [1.807, 2.05) is 51.1 Å². The van der Waals surface area contributed by atoms with Gasteiger partial charge in [0.05, 0.1) is 37.5 Å². The number of benzene rings is 2. The van der Waals surface area contributed by atoms with Crippen LogP contribution in [-0.2, 0) is 28.8 Å². The number of methoxy groups -OCH3 is 2. The molecule has 1 spiro atoms. The number of carbonyl (C=O) groups is 5. The Bertz CT molecular complexity index is 1790. The highest BCUT2D eigenvalue weighted by Gasteiger charge is 2.56. The van der Waals surface area contributed by atoms with Gasteiger partial charge in [0.25, 0.3) is 5.91 Å². The Labute approximate surface area is 307 Å². The number of rotatable bonds is 13. The molecule has 3 fully saturated rings. The molecule has 2 unspecified atom stereocenters. The zero-order valence-corrected chi connectivity index (χ0v) is 30.8. The minimum atomic E-state index is -1.14. The van der Waals surface area contributed by atoms with Crippen molar-refractivity contribution in [2.75, 3.05) is 20.8 Å². The van der Waals surface area contributed by atoms with Gasteiger partial charge in [0, 0.05) is 30.4 Å². The molecule has 0 radical (unpaired) electrons. The molecule has 1 saturated heterocycles. The summed E-state index contributed by atoms with van der Waals surface area (Å²) in [6, 6.07) is 9.82. The number of nitrogens with zero attached hydrogens (tertiary/aromatic N) is 2. The van der Waals surface area contributed by atoms with Crippen LogP contribution in [0.1, 0.15) is 76.3 Å². The van der Waals surface area contributed by atoms with Crippen LogP contribution in [0.2, 0.25) is 5.02 Å². The van der Waals surface area contributed by atoms with Crippen LogP contribution in [0.15, 0.2) is 47.6 Å². The number of hydrogen-bond donors (Lipinski definition) is 3. The number of nitrogens with two attached hydrogens (primary N) is 1. The highest BCUT2D eigenvalue weighted by Crippen LogP contribution is 2.48. The van der Waals surface area contributed by atoms with Crippen LogP contribution in [0.25, 0.3) is 0 Å². The van der Waals surface area contributed by atoms with Gasteiger partial charge in [-0.05, 0) is 41.7 Å². The highest BCUT2D eigenvalue weighted by molar-refractivity contribution is 6.38. The zero-order chi connectivity index (χ0) is 37.5. The van der Waals surface area contributed by atoms with Crippen molar-refractivity contribution in [1.29, 1.82) is 0 Å². The average Bonchev–Trinajstić information content (AvgIpc) is 4.04. The molecule has 6 rings (SSSR count). The van der Waals surface area contributed by atoms with Crippen molar-refractivity contribution in [1.82, 2.24) is 15.5 Å². The number of oxime groups is 1. The first kappa shape index (κ1) is 37.1. The van der Waals surface area contributed by atoms with E-state index in [0.717, 1.165) is 18.4 Å². The van der Waals surface area contributed by atoms with E-state index in [4.69, 9.17) is 31.6 Å². The summed E-state index contributed by atoms with van der Waals surface area (Å²) in [6.07, 6.45) is 2.91. The van der Waals surface area contributed by atoms with E-state index in [1.165, 1.54) is 19.1 Å². The molecule has 0 bridgehead atoms. The Kier molecular flexibility index (Phi) is 10.3. The number of primary amides is 1. The lowest BCUT2D eigenvalue weighted by Gasteiger charge is -2.35. The Morgan fingerprint density at radius 1 is 1.04 bits per heavy atom. The number of amides is 4. The summed E-state index contributed by atoms with van der Waals surface area (Å²) in [5.41, 5.74) is 5.59. The van der Waals surface area contributed by atoms with Gasteiger partial charge in [-0.2, -0.15) is 0 Å². The van der Waals surface area contributed by atoms with Crippen molar-refractivity contribution in [3.63, 3.8) is 0 Å². The molecular weight excluding hydrogens is 690 g/mol. The van der Waals surface area contributed by atoms with E-state index in [9.17, 15) is 24.0 Å². The van der Waals surface area contributed by atoms with Gasteiger partial charge in [0.2, 0.25) is 23.5 Å². The molecule has 4 aliphatic rings. The quantitative estimate of drug-likeness (QED) is 0.262. The minimum Gasteiger partial charge on any atom is -0.496 e. The zero-order valence-electron chi connectivity index (χ0n) is 30.1. The SMILES string of the molecule is COc1cc(OC)c(C2=NO[C@]3(C2)C[C@@H](C(=O)NC(CC2CC2)C(=O)C(N)=O)N(C(=O)[C@@H](NC(=O)[C@@H]2CC2c2ccccc2)C(C)(C)C)C3)cc1Cl. The van der Waals surface area contributed by atoms with Gasteiger partial charge in [0.15, 0.2) is 5.60 Å². The number of likely N-dealkylation sites (tertiary alicyclic amines) is 1. The van der Waals surface area contributed by atoms with E-state index < -0.39 is 52.6 Å². The third-order valence-corrected chi connectivity index (χ3v) is 10.8. The fourth-order valence-electron chi connectivity index (χ4n) is 7.33. The molecule has 2 aliphatic carbocycles. The van der Waals surface area contributed by atoms with Gasteiger partial charge in [-0.15, -0.1) is 0 Å². The molecule has 278 valence electrons. The monoisotopic (exact) mass is 735 g/mol.